The quantitative estimate of drug-likeness (QED) is 0.645. The molecule has 1 aromatic carbocycles. The average molecular weight is 265 g/mol. The summed E-state index contributed by atoms with van der Waals surface area (Å²) in [5, 5.41) is -0.0291. The first-order valence-corrected chi connectivity index (χ1v) is 7.02. The summed E-state index contributed by atoms with van der Waals surface area (Å²) in [5.41, 5.74) is 5.00. The Morgan fingerprint density at radius 1 is 0.941 bits per heavy atom. The number of halogens is 1. The normalized spacial score (nSPS) is 12.8. The van der Waals surface area contributed by atoms with Gasteiger partial charge in [-0.1, -0.05) is 29.3 Å². The summed E-state index contributed by atoms with van der Waals surface area (Å²) in [5.74, 6) is 0. The lowest BCUT2D eigenvalue weighted by atomic mass is 10.0. The van der Waals surface area contributed by atoms with E-state index in [-0.39, 0.29) is 5.38 Å². The molecule has 0 N–H and O–H groups in total. The zero-order valence-electron chi connectivity index (χ0n) is 10.7. The van der Waals surface area contributed by atoms with Crippen LogP contribution in [0.1, 0.15) is 37.4 Å². The van der Waals surface area contributed by atoms with Crippen molar-refractivity contribution >= 4 is 22.9 Å². The summed E-state index contributed by atoms with van der Waals surface area (Å²) < 4.78 is 0. The van der Waals surface area contributed by atoms with Crippen molar-refractivity contribution in [1.82, 2.24) is 0 Å². The van der Waals surface area contributed by atoms with Gasteiger partial charge in [-0.25, -0.2) is 0 Å². The van der Waals surface area contributed by atoms with E-state index in [2.05, 4.69) is 52.0 Å². The van der Waals surface area contributed by atoms with E-state index in [0.717, 1.165) is 0 Å². The minimum absolute atomic E-state index is 0.0291. The summed E-state index contributed by atoms with van der Waals surface area (Å²) in [6, 6.07) is 8.74. The number of thiophene rings is 1. The van der Waals surface area contributed by atoms with E-state index in [1.807, 2.05) is 11.3 Å². The third-order valence-corrected chi connectivity index (χ3v) is 4.36. The van der Waals surface area contributed by atoms with Crippen molar-refractivity contribution in [2.45, 2.75) is 33.1 Å². The van der Waals surface area contributed by atoms with Crippen LogP contribution in [0.4, 0.5) is 0 Å². The van der Waals surface area contributed by atoms with Gasteiger partial charge in [-0.3, -0.25) is 0 Å². The van der Waals surface area contributed by atoms with Gasteiger partial charge >= 0.3 is 0 Å². The maximum absolute atomic E-state index is 6.60. The first-order chi connectivity index (χ1) is 7.97. The first-order valence-electron chi connectivity index (χ1n) is 5.76. The Hall–Kier alpha value is -0.790. The molecule has 0 aliphatic heterocycles. The highest BCUT2D eigenvalue weighted by Crippen LogP contribution is 2.35. The van der Waals surface area contributed by atoms with E-state index >= 15 is 0 Å². The fraction of sp³-hybridized carbons (Fsp3) is 0.333. The third-order valence-electron chi connectivity index (χ3n) is 2.89. The van der Waals surface area contributed by atoms with E-state index < -0.39 is 0 Å². The molecule has 17 heavy (non-hydrogen) atoms. The molecule has 0 spiro atoms. The molecular formula is C15H17ClS. The van der Waals surface area contributed by atoms with Crippen molar-refractivity contribution in [1.29, 1.82) is 0 Å². The van der Waals surface area contributed by atoms with Gasteiger partial charge in [0.1, 0.15) is 0 Å². The average Bonchev–Trinajstić information content (AvgIpc) is 2.55. The van der Waals surface area contributed by atoms with Crippen LogP contribution < -0.4 is 0 Å². The second-order valence-electron chi connectivity index (χ2n) is 4.65. The van der Waals surface area contributed by atoms with Gasteiger partial charge < -0.3 is 0 Å². The van der Waals surface area contributed by atoms with Crippen molar-refractivity contribution in [3.05, 3.63) is 56.3 Å². The monoisotopic (exact) mass is 264 g/mol. The smallest absolute Gasteiger partial charge is 0.0846 e. The molecule has 0 fully saturated rings. The zero-order valence-corrected chi connectivity index (χ0v) is 12.2. The molecule has 0 bridgehead atoms. The van der Waals surface area contributed by atoms with Gasteiger partial charge in [0.2, 0.25) is 0 Å². The van der Waals surface area contributed by atoms with Crippen LogP contribution in [0.25, 0.3) is 0 Å². The van der Waals surface area contributed by atoms with E-state index in [4.69, 9.17) is 11.6 Å². The van der Waals surface area contributed by atoms with Gasteiger partial charge in [-0.2, -0.15) is 0 Å². The highest BCUT2D eigenvalue weighted by Gasteiger charge is 2.15. The molecule has 0 nitrogen and oxygen atoms in total. The lowest BCUT2D eigenvalue weighted by molar-refractivity contribution is 1.12. The molecule has 0 aliphatic carbocycles. The van der Waals surface area contributed by atoms with Crippen LogP contribution in [0.5, 0.6) is 0 Å². The Labute approximate surface area is 112 Å². The van der Waals surface area contributed by atoms with Crippen LogP contribution in [0.3, 0.4) is 0 Å². The first kappa shape index (κ1) is 12.7. The van der Waals surface area contributed by atoms with Crippen molar-refractivity contribution < 1.29 is 0 Å². The minimum atomic E-state index is -0.0291. The van der Waals surface area contributed by atoms with Crippen molar-refractivity contribution in [2.75, 3.05) is 0 Å². The zero-order chi connectivity index (χ0) is 12.6. The van der Waals surface area contributed by atoms with E-state index in [9.17, 15) is 0 Å². The Bertz CT molecular complexity index is 520. The molecule has 1 unspecified atom stereocenters. The summed E-state index contributed by atoms with van der Waals surface area (Å²) in [6.45, 7) is 8.51. The minimum Gasteiger partial charge on any atom is -0.146 e. The number of hydrogen-bond acceptors (Lipinski definition) is 1. The lowest BCUT2D eigenvalue weighted by Gasteiger charge is -2.11. The highest BCUT2D eigenvalue weighted by atomic mass is 35.5. The topological polar surface area (TPSA) is 0 Å². The molecule has 0 saturated heterocycles. The van der Waals surface area contributed by atoms with Gasteiger partial charge in [0, 0.05) is 9.75 Å². The van der Waals surface area contributed by atoms with E-state index in [0.29, 0.717) is 0 Å². The second-order valence-corrected chi connectivity index (χ2v) is 6.55. The Morgan fingerprint density at radius 3 is 2.00 bits per heavy atom. The third kappa shape index (κ3) is 2.72. The molecule has 2 aromatic rings. The van der Waals surface area contributed by atoms with Gasteiger partial charge in [0.15, 0.2) is 0 Å². The number of aryl methyl sites for hydroxylation is 4. The van der Waals surface area contributed by atoms with Crippen LogP contribution >= 0.6 is 22.9 Å². The number of hydrogen-bond donors (Lipinski definition) is 0. The molecule has 2 rings (SSSR count). The fourth-order valence-corrected chi connectivity index (χ4v) is 3.62. The lowest BCUT2D eigenvalue weighted by Crippen LogP contribution is -1.95. The molecule has 2 heteroatoms. The van der Waals surface area contributed by atoms with Crippen LogP contribution in [0, 0.1) is 27.7 Å². The molecule has 90 valence electrons. The Morgan fingerprint density at radius 2 is 1.53 bits per heavy atom. The highest BCUT2D eigenvalue weighted by molar-refractivity contribution is 7.12. The van der Waals surface area contributed by atoms with Gasteiger partial charge in [0.25, 0.3) is 0 Å². The van der Waals surface area contributed by atoms with Crippen LogP contribution in [-0.2, 0) is 0 Å². The Kier molecular flexibility index (Phi) is 3.60. The molecule has 0 amide bonds. The summed E-state index contributed by atoms with van der Waals surface area (Å²) >= 11 is 8.42. The predicted molar refractivity (Wildman–Crippen MR) is 77.4 cm³/mol. The summed E-state index contributed by atoms with van der Waals surface area (Å²) in [7, 11) is 0. The standard InChI is InChI=1S/C15H17ClS/c1-9-5-10(2)7-13(6-9)15(16)14-8-11(3)17-12(14)4/h5-8,15H,1-4H3. The molecule has 0 aliphatic rings. The molecular weight excluding hydrogens is 248 g/mol. The predicted octanol–water partition coefficient (Wildman–Crippen LogP) is 5.31. The van der Waals surface area contributed by atoms with Crippen molar-refractivity contribution in [2.24, 2.45) is 0 Å². The molecule has 1 heterocycles. The SMILES string of the molecule is Cc1cc(C)cc(C(Cl)c2cc(C)sc2C)c1. The summed E-state index contributed by atoms with van der Waals surface area (Å²) in [4.78, 5) is 2.65. The maximum Gasteiger partial charge on any atom is 0.0846 e. The summed E-state index contributed by atoms with van der Waals surface area (Å²) in [6.07, 6.45) is 0. The van der Waals surface area contributed by atoms with Gasteiger partial charge in [-0.05, 0) is 44.9 Å². The maximum atomic E-state index is 6.60. The van der Waals surface area contributed by atoms with E-state index in [1.54, 1.807) is 0 Å². The molecule has 0 saturated carbocycles. The number of alkyl halides is 1. The van der Waals surface area contributed by atoms with Gasteiger partial charge in [-0.15, -0.1) is 22.9 Å². The number of rotatable bonds is 2. The molecule has 1 aromatic heterocycles. The Balaban J connectivity index is 2.43. The van der Waals surface area contributed by atoms with Crippen molar-refractivity contribution in [3.63, 3.8) is 0 Å². The van der Waals surface area contributed by atoms with E-state index in [1.165, 1.54) is 32.0 Å². The van der Waals surface area contributed by atoms with Crippen molar-refractivity contribution in [3.8, 4) is 0 Å². The van der Waals surface area contributed by atoms with Crippen LogP contribution in [0.2, 0.25) is 0 Å². The van der Waals surface area contributed by atoms with Gasteiger partial charge in [0.05, 0.1) is 5.38 Å². The number of benzene rings is 1. The van der Waals surface area contributed by atoms with Crippen LogP contribution in [-0.4, -0.2) is 0 Å². The molecule has 1 atom stereocenters. The second kappa shape index (κ2) is 4.83. The molecule has 0 radical (unpaired) electrons. The fourth-order valence-electron chi connectivity index (χ4n) is 2.24. The van der Waals surface area contributed by atoms with Crippen LogP contribution in [0.15, 0.2) is 24.3 Å². The largest absolute Gasteiger partial charge is 0.146 e.